The van der Waals surface area contributed by atoms with Crippen LogP contribution in [-0.2, 0) is 11.2 Å². The summed E-state index contributed by atoms with van der Waals surface area (Å²) in [7, 11) is 0. The van der Waals surface area contributed by atoms with Crippen molar-refractivity contribution in [3.8, 4) is 0 Å². The molecular weight excluding hydrogens is 302 g/mol. The highest BCUT2D eigenvalue weighted by Gasteiger charge is 2.32. The van der Waals surface area contributed by atoms with Crippen LogP contribution < -0.4 is 0 Å². The van der Waals surface area contributed by atoms with Crippen LogP contribution in [0.15, 0.2) is 24.7 Å². The standard InChI is InChI=1S/C18H23N5O/c1-13-4-5-14(10-19-13)9-17(24)22-8-2-3-15(11-22)18-21-20-12-23(18)16-6-7-16/h4-5,10,12,15-16H,2-3,6-9,11H2,1H3. The third-order valence-electron chi connectivity index (χ3n) is 5.01. The van der Waals surface area contributed by atoms with Crippen molar-refractivity contribution in [2.45, 2.75) is 51.0 Å². The van der Waals surface area contributed by atoms with Crippen molar-refractivity contribution in [2.75, 3.05) is 13.1 Å². The third kappa shape index (κ3) is 3.18. The second-order valence-corrected chi connectivity index (χ2v) is 6.99. The Bertz CT molecular complexity index is 719. The van der Waals surface area contributed by atoms with E-state index in [1.54, 1.807) is 6.20 Å². The van der Waals surface area contributed by atoms with Crippen LogP contribution in [0.2, 0.25) is 0 Å². The molecule has 1 amide bonds. The quantitative estimate of drug-likeness (QED) is 0.865. The number of aryl methyl sites for hydroxylation is 1. The van der Waals surface area contributed by atoms with Crippen LogP contribution in [0.25, 0.3) is 0 Å². The van der Waals surface area contributed by atoms with Crippen molar-refractivity contribution >= 4 is 5.91 Å². The van der Waals surface area contributed by atoms with Crippen molar-refractivity contribution in [3.05, 3.63) is 41.7 Å². The number of aromatic nitrogens is 4. The van der Waals surface area contributed by atoms with E-state index in [0.717, 1.165) is 43.0 Å². The highest BCUT2D eigenvalue weighted by atomic mass is 16.2. The molecule has 2 aliphatic rings. The van der Waals surface area contributed by atoms with Crippen LogP contribution in [0.1, 0.15) is 54.7 Å². The van der Waals surface area contributed by atoms with Crippen molar-refractivity contribution in [1.29, 1.82) is 0 Å². The molecule has 0 spiro atoms. The highest BCUT2D eigenvalue weighted by molar-refractivity contribution is 5.78. The summed E-state index contributed by atoms with van der Waals surface area (Å²) >= 11 is 0. The number of rotatable bonds is 4. The van der Waals surface area contributed by atoms with Gasteiger partial charge in [-0.3, -0.25) is 9.78 Å². The highest BCUT2D eigenvalue weighted by Crippen LogP contribution is 2.38. The van der Waals surface area contributed by atoms with Crippen molar-refractivity contribution in [2.24, 2.45) is 0 Å². The van der Waals surface area contributed by atoms with Crippen molar-refractivity contribution < 1.29 is 4.79 Å². The SMILES string of the molecule is Cc1ccc(CC(=O)N2CCCC(c3nncn3C3CC3)C2)cn1. The van der Waals surface area contributed by atoms with E-state index in [-0.39, 0.29) is 5.91 Å². The molecule has 1 saturated carbocycles. The number of piperidine rings is 1. The summed E-state index contributed by atoms with van der Waals surface area (Å²) < 4.78 is 2.22. The minimum Gasteiger partial charge on any atom is -0.342 e. The zero-order chi connectivity index (χ0) is 16.5. The lowest BCUT2D eigenvalue weighted by atomic mass is 9.96. The Hall–Kier alpha value is -2.24. The number of carbonyl (C=O) groups is 1. The first kappa shape index (κ1) is 15.3. The van der Waals surface area contributed by atoms with E-state index in [1.165, 1.54) is 12.8 Å². The first-order valence-electron chi connectivity index (χ1n) is 8.79. The Morgan fingerprint density at radius 3 is 2.92 bits per heavy atom. The van der Waals surface area contributed by atoms with Gasteiger partial charge in [-0.2, -0.15) is 0 Å². The van der Waals surface area contributed by atoms with Crippen LogP contribution in [0.4, 0.5) is 0 Å². The summed E-state index contributed by atoms with van der Waals surface area (Å²) in [5.74, 6) is 1.55. The van der Waals surface area contributed by atoms with Gasteiger partial charge in [-0.05, 0) is 44.2 Å². The van der Waals surface area contributed by atoms with Gasteiger partial charge in [0.05, 0.1) is 6.42 Å². The topological polar surface area (TPSA) is 63.9 Å². The van der Waals surface area contributed by atoms with Gasteiger partial charge >= 0.3 is 0 Å². The summed E-state index contributed by atoms with van der Waals surface area (Å²) in [4.78, 5) is 18.9. The average molecular weight is 325 g/mol. The van der Waals surface area contributed by atoms with Gasteiger partial charge < -0.3 is 9.47 Å². The van der Waals surface area contributed by atoms with Gasteiger partial charge in [0.1, 0.15) is 12.2 Å². The van der Waals surface area contributed by atoms with Crippen LogP contribution in [-0.4, -0.2) is 43.6 Å². The molecule has 1 unspecified atom stereocenters. The molecule has 24 heavy (non-hydrogen) atoms. The van der Waals surface area contributed by atoms with E-state index < -0.39 is 0 Å². The Balaban J connectivity index is 1.43. The zero-order valence-corrected chi connectivity index (χ0v) is 14.1. The van der Waals surface area contributed by atoms with Crippen LogP contribution in [0.5, 0.6) is 0 Å². The van der Waals surface area contributed by atoms with Crippen LogP contribution in [0.3, 0.4) is 0 Å². The maximum atomic E-state index is 12.7. The van der Waals surface area contributed by atoms with E-state index in [4.69, 9.17) is 0 Å². The van der Waals surface area contributed by atoms with Crippen molar-refractivity contribution in [1.82, 2.24) is 24.6 Å². The second-order valence-electron chi connectivity index (χ2n) is 6.99. The maximum Gasteiger partial charge on any atom is 0.227 e. The monoisotopic (exact) mass is 325 g/mol. The molecule has 0 bridgehead atoms. The average Bonchev–Trinajstić information content (AvgIpc) is 3.33. The number of pyridine rings is 1. The fourth-order valence-corrected chi connectivity index (χ4v) is 3.48. The lowest BCUT2D eigenvalue weighted by Crippen LogP contribution is -2.40. The summed E-state index contributed by atoms with van der Waals surface area (Å²) in [5, 5.41) is 8.46. The molecule has 1 aliphatic heterocycles. The predicted octanol–water partition coefficient (Wildman–Crippen LogP) is 2.27. The normalized spacial score (nSPS) is 21.0. The third-order valence-corrected chi connectivity index (χ3v) is 5.01. The molecule has 4 rings (SSSR count). The van der Waals surface area contributed by atoms with E-state index in [0.29, 0.717) is 18.4 Å². The molecule has 2 aromatic heterocycles. The zero-order valence-electron chi connectivity index (χ0n) is 14.1. The lowest BCUT2D eigenvalue weighted by molar-refractivity contribution is -0.131. The summed E-state index contributed by atoms with van der Waals surface area (Å²) in [6.45, 7) is 3.55. The molecule has 3 heterocycles. The Labute approximate surface area is 141 Å². The van der Waals surface area contributed by atoms with Crippen LogP contribution >= 0.6 is 0 Å². The second kappa shape index (κ2) is 6.34. The van der Waals surface area contributed by atoms with E-state index in [2.05, 4.69) is 19.7 Å². The largest absolute Gasteiger partial charge is 0.342 e. The van der Waals surface area contributed by atoms with Gasteiger partial charge in [-0.25, -0.2) is 0 Å². The number of carbonyl (C=O) groups excluding carboxylic acids is 1. The lowest BCUT2D eigenvalue weighted by Gasteiger charge is -2.32. The maximum absolute atomic E-state index is 12.7. The minimum atomic E-state index is 0.183. The molecule has 6 heteroatoms. The number of hydrogen-bond acceptors (Lipinski definition) is 4. The molecule has 0 aromatic carbocycles. The van der Waals surface area contributed by atoms with E-state index >= 15 is 0 Å². The summed E-state index contributed by atoms with van der Waals surface area (Å²) in [5.41, 5.74) is 1.96. The minimum absolute atomic E-state index is 0.183. The molecule has 0 radical (unpaired) electrons. The van der Waals surface area contributed by atoms with Gasteiger partial charge in [0.2, 0.25) is 5.91 Å². The number of amides is 1. The molecule has 126 valence electrons. The Morgan fingerprint density at radius 2 is 2.17 bits per heavy atom. The molecule has 2 fully saturated rings. The smallest absolute Gasteiger partial charge is 0.227 e. The molecule has 0 N–H and O–H groups in total. The number of hydrogen-bond donors (Lipinski definition) is 0. The predicted molar refractivity (Wildman–Crippen MR) is 89.5 cm³/mol. The molecule has 1 atom stereocenters. The fourth-order valence-electron chi connectivity index (χ4n) is 3.48. The molecule has 2 aromatic rings. The van der Waals surface area contributed by atoms with E-state index in [1.807, 2.05) is 30.3 Å². The van der Waals surface area contributed by atoms with Gasteiger partial charge in [0, 0.05) is 36.9 Å². The first-order chi connectivity index (χ1) is 11.7. The summed E-state index contributed by atoms with van der Waals surface area (Å²) in [6.07, 6.45) is 8.64. The molecule has 1 aliphatic carbocycles. The number of nitrogens with zero attached hydrogens (tertiary/aromatic N) is 5. The summed E-state index contributed by atoms with van der Waals surface area (Å²) in [6, 6.07) is 4.53. The van der Waals surface area contributed by atoms with Gasteiger partial charge in [0.25, 0.3) is 0 Å². The fraction of sp³-hybridized carbons (Fsp3) is 0.556. The van der Waals surface area contributed by atoms with Crippen molar-refractivity contribution in [3.63, 3.8) is 0 Å². The Kier molecular flexibility index (Phi) is 4.04. The van der Waals surface area contributed by atoms with Gasteiger partial charge in [-0.15, -0.1) is 10.2 Å². The van der Waals surface area contributed by atoms with Gasteiger partial charge in [-0.1, -0.05) is 6.07 Å². The number of likely N-dealkylation sites (tertiary alicyclic amines) is 1. The molecular formula is C18H23N5O. The first-order valence-corrected chi connectivity index (χ1v) is 8.79. The van der Waals surface area contributed by atoms with Crippen LogP contribution in [0, 0.1) is 6.92 Å². The molecule has 6 nitrogen and oxygen atoms in total. The Morgan fingerprint density at radius 1 is 1.29 bits per heavy atom. The van der Waals surface area contributed by atoms with E-state index in [9.17, 15) is 4.79 Å². The van der Waals surface area contributed by atoms with Gasteiger partial charge in [0.15, 0.2) is 0 Å². The molecule has 1 saturated heterocycles.